The fourth-order valence-electron chi connectivity index (χ4n) is 2.43. The lowest BCUT2D eigenvalue weighted by Crippen LogP contribution is -2.36. The van der Waals surface area contributed by atoms with Gasteiger partial charge in [0, 0.05) is 30.1 Å². The summed E-state index contributed by atoms with van der Waals surface area (Å²) in [6.07, 6.45) is 8.04. The van der Waals surface area contributed by atoms with Crippen molar-refractivity contribution in [3.05, 3.63) is 22.4 Å². The molecule has 0 atom stereocenters. The molecule has 1 fully saturated rings. The highest BCUT2D eigenvalue weighted by molar-refractivity contribution is 7.08. The molecular weight excluding hydrogens is 244 g/mol. The Morgan fingerprint density at radius 3 is 2.67 bits per heavy atom. The molecule has 2 N–H and O–H groups in total. The van der Waals surface area contributed by atoms with Crippen molar-refractivity contribution in [1.82, 2.24) is 10.6 Å². The molecule has 1 aromatic rings. The molecule has 1 aliphatic rings. The van der Waals surface area contributed by atoms with Crippen molar-refractivity contribution in [1.29, 1.82) is 0 Å². The van der Waals surface area contributed by atoms with Gasteiger partial charge >= 0.3 is 0 Å². The van der Waals surface area contributed by atoms with E-state index in [1.165, 1.54) is 38.5 Å². The lowest BCUT2D eigenvalue weighted by molar-refractivity contribution is 0.0954. The van der Waals surface area contributed by atoms with Crippen molar-refractivity contribution in [2.24, 2.45) is 0 Å². The first-order chi connectivity index (χ1) is 8.86. The molecule has 100 valence electrons. The lowest BCUT2D eigenvalue weighted by Gasteiger charge is -2.16. The number of rotatable bonds is 5. The first kappa shape index (κ1) is 13.6. The number of amides is 1. The third-order valence-electron chi connectivity index (χ3n) is 3.48. The molecule has 1 amide bonds. The third-order valence-corrected chi connectivity index (χ3v) is 4.17. The maximum absolute atomic E-state index is 11.7. The Hall–Kier alpha value is -0.870. The molecule has 0 aromatic carbocycles. The summed E-state index contributed by atoms with van der Waals surface area (Å²) in [5.74, 6) is 0.0407. The van der Waals surface area contributed by atoms with Gasteiger partial charge in [-0.15, -0.1) is 0 Å². The van der Waals surface area contributed by atoms with Gasteiger partial charge < -0.3 is 10.6 Å². The van der Waals surface area contributed by atoms with Crippen LogP contribution < -0.4 is 10.6 Å². The van der Waals surface area contributed by atoms with Crippen molar-refractivity contribution in [3.63, 3.8) is 0 Å². The highest BCUT2D eigenvalue weighted by atomic mass is 32.1. The molecule has 1 aromatic heterocycles. The second-order valence-electron chi connectivity index (χ2n) is 4.91. The summed E-state index contributed by atoms with van der Waals surface area (Å²) in [6, 6.07) is 2.52. The molecule has 0 bridgehead atoms. The summed E-state index contributed by atoms with van der Waals surface area (Å²) in [5, 5.41) is 10.3. The van der Waals surface area contributed by atoms with Gasteiger partial charge in [-0.1, -0.05) is 25.7 Å². The normalized spacial score (nSPS) is 17.3. The maximum atomic E-state index is 11.7. The molecule has 18 heavy (non-hydrogen) atoms. The van der Waals surface area contributed by atoms with E-state index in [1.807, 2.05) is 16.8 Å². The average molecular weight is 266 g/mol. The number of nitrogens with one attached hydrogen (secondary N) is 2. The molecule has 3 nitrogen and oxygen atoms in total. The van der Waals surface area contributed by atoms with E-state index < -0.39 is 0 Å². The molecule has 1 aliphatic carbocycles. The minimum absolute atomic E-state index is 0.0407. The van der Waals surface area contributed by atoms with Gasteiger partial charge in [0.2, 0.25) is 0 Å². The number of carbonyl (C=O) groups is 1. The zero-order valence-corrected chi connectivity index (χ0v) is 11.6. The van der Waals surface area contributed by atoms with Crippen LogP contribution in [0.3, 0.4) is 0 Å². The van der Waals surface area contributed by atoms with Gasteiger partial charge in [-0.05, 0) is 24.3 Å². The van der Waals surface area contributed by atoms with Crippen molar-refractivity contribution in [3.8, 4) is 0 Å². The predicted octanol–water partition coefficient (Wildman–Crippen LogP) is 2.79. The van der Waals surface area contributed by atoms with Crippen LogP contribution in [0.4, 0.5) is 0 Å². The molecule has 0 aliphatic heterocycles. The topological polar surface area (TPSA) is 41.1 Å². The van der Waals surface area contributed by atoms with E-state index in [-0.39, 0.29) is 5.91 Å². The van der Waals surface area contributed by atoms with E-state index in [0.29, 0.717) is 12.6 Å². The summed E-state index contributed by atoms with van der Waals surface area (Å²) in [5.41, 5.74) is 0.773. The second-order valence-corrected chi connectivity index (χ2v) is 5.69. The van der Waals surface area contributed by atoms with E-state index in [9.17, 15) is 4.79 Å². The highest BCUT2D eigenvalue weighted by Crippen LogP contribution is 2.16. The Morgan fingerprint density at radius 2 is 2.00 bits per heavy atom. The Kier molecular flexibility index (Phi) is 5.68. The molecule has 1 saturated carbocycles. The molecule has 1 heterocycles. The van der Waals surface area contributed by atoms with Gasteiger partial charge in [-0.25, -0.2) is 0 Å². The number of carbonyl (C=O) groups excluding carboxylic acids is 1. The van der Waals surface area contributed by atoms with Gasteiger partial charge in [0.1, 0.15) is 0 Å². The Morgan fingerprint density at radius 1 is 1.22 bits per heavy atom. The zero-order valence-electron chi connectivity index (χ0n) is 10.8. The number of hydrogen-bond acceptors (Lipinski definition) is 3. The van der Waals surface area contributed by atoms with Crippen LogP contribution in [0.1, 0.15) is 48.9 Å². The Balaban J connectivity index is 1.59. The minimum Gasteiger partial charge on any atom is -0.351 e. The Bertz CT molecular complexity index is 343. The van der Waals surface area contributed by atoms with Crippen LogP contribution in [0.2, 0.25) is 0 Å². The summed E-state index contributed by atoms with van der Waals surface area (Å²) in [7, 11) is 0. The van der Waals surface area contributed by atoms with E-state index in [1.54, 1.807) is 11.3 Å². The molecule has 0 saturated heterocycles. The van der Waals surface area contributed by atoms with E-state index in [4.69, 9.17) is 0 Å². The zero-order chi connectivity index (χ0) is 12.6. The van der Waals surface area contributed by atoms with Crippen LogP contribution in [0, 0.1) is 0 Å². The standard InChI is InChI=1S/C14H22N2OS/c17-14(12-7-10-18-11-12)16-9-8-15-13-5-3-1-2-4-6-13/h7,10-11,13,15H,1-6,8-9H2,(H,16,17). The van der Waals surface area contributed by atoms with Gasteiger partial charge in [0.15, 0.2) is 0 Å². The highest BCUT2D eigenvalue weighted by Gasteiger charge is 2.11. The molecule has 0 unspecified atom stereocenters. The lowest BCUT2D eigenvalue weighted by atomic mass is 10.1. The Labute approximate surface area is 113 Å². The van der Waals surface area contributed by atoms with Crippen LogP contribution in [-0.4, -0.2) is 25.0 Å². The third kappa shape index (κ3) is 4.42. The van der Waals surface area contributed by atoms with E-state index in [2.05, 4.69) is 10.6 Å². The fraction of sp³-hybridized carbons (Fsp3) is 0.643. The van der Waals surface area contributed by atoms with Crippen LogP contribution in [-0.2, 0) is 0 Å². The van der Waals surface area contributed by atoms with Crippen LogP contribution in [0.5, 0.6) is 0 Å². The predicted molar refractivity (Wildman–Crippen MR) is 76.1 cm³/mol. The molecule has 0 spiro atoms. The molecular formula is C14H22N2OS. The van der Waals surface area contributed by atoms with Crippen molar-refractivity contribution >= 4 is 17.2 Å². The largest absolute Gasteiger partial charge is 0.351 e. The summed E-state index contributed by atoms with van der Waals surface area (Å²) in [6.45, 7) is 1.59. The first-order valence-corrected chi connectivity index (χ1v) is 7.84. The molecule has 2 rings (SSSR count). The molecule has 0 radical (unpaired) electrons. The monoisotopic (exact) mass is 266 g/mol. The fourth-order valence-corrected chi connectivity index (χ4v) is 3.07. The summed E-state index contributed by atoms with van der Waals surface area (Å²) < 4.78 is 0. The molecule has 4 heteroatoms. The van der Waals surface area contributed by atoms with Gasteiger partial charge in [0.25, 0.3) is 5.91 Å². The number of thiophene rings is 1. The summed E-state index contributed by atoms with van der Waals surface area (Å²) >= 11 is 1.56. The van der Waals surface area contributed by atoms with E-state index in [0.717, 1.165) is 12.1 Å². The van der Waals surface area contributed by atoms with Crippen LogP contribution in [0.25, 0.3) is 0 Å². The van der Waals surface area contributed by atoms with Gasteiger partial charge in [-0.3, -0.25) is 4.79 Å². The quantitative estimate of drug-likeness (QED) is 0.635. The van der Waals surface area contributed by atoms with E-state index >= 15 is 0 Å². The maximum Gasteiger partial charge on any atom is 0.252 e. The van der Waals surface area contributed by atoms with Crippen LogP contribution in [0.15, 0.2) is 16.8 Å². The smallest absolute Gasteiger partial charge is 0.252 e. The summed E-state index contributed by atoms with van der Waals surface area (Å²) in [4.78, 5) is 11.7. The van der Waals surface area contributed by atoms with Crippen LogP contribution >= 0.6 is 11.3 Å². The number of hydrogen-bond donors (Lipinski definition) is 2. The van der Waals surface area contributed by atoms with Gasteiger partial charge in [0.05, 0.1) is 0 Å². The van der Waals surface area contributed by atoms with Gasteiger partial charge in [-0.2, -0.15) is 11.3 Å². The second kappa shape index (κ2) is 7.54. The van der Waals surface area contributed by atoms with Crippen molar-refractivity contribution in [2.75, 3.05) is 13.1 Å². The SMILES string of the molecule is O=C(NCCNC1CCCCCC1)c1ccsc1. The van der Waals surface area contributed by atoms with Crippen molar-refractivity contribution < 1.29 is 4.79 Å². The first-order valence-electron chi connectivity index (χ1n) is 6.90. The van der Waals surface area contributed by atoms with Crippen molar-refractivity contribution in [2.45, 2.75) is 44.6 Å². The minimum atomic E-state index is 0.0407. The average Bonchev–Trinajstić information content (AvgIpc) is 2.80.